The summed E-state index contributed by atoms with van der Waals surface area (Å²) < 4.78 is 38.4. The third-order valence-electron chi connectivity index (χ3n) is 5.73. The van der Waals surface area contributed by atoms with Gasteiger partial charge in [0.25, 0.3) is 5.69 Å². The quantitative estimate of drug-likeness (QED) is 0.522. The van der Waals surface area contributed by atoms with Crippen LogP contribution in [0.25, 0.3) is 0 Å². The molecule has 2 aromatic carbocycles. The molecule has 172 valence electrons. The third-order valence-corrected chi connectivity index (χ3v) is 5.73. The first-order valence-corrected chi connectivity index (χ1v) is 10.3. The monoisotopic (exact) mass is 450 g/mol. The number of anilines is 2. The van der Waals surface area contributed by atoms with Crippen molar-refractivity contribution in [2.24, 2.45) is 0 Å². The summed E-state index contributed by atoms with van der Waals surface area (Å²) in [4.78, 5) is 26.8. The fourth-order valence-electron chi connectivity index (χ4n) is 3.75. The Hall–Kier alpha value is -3.30. The number of amides is 1. The lowest BCUT2D eigenvalue weighted by molar-refractivity contribution is -0.384. The van der Waals surface area contributed by atoms with E-state index in [-0.39, 0.29) is 24.6 Å². The van der Waals surface area contributed by atoms with Gasteiger partial charge in [0, 0.05) is 50.9 Å². The van der Waals surface area contributed by atoms with Gasteiger partial charge < -0.3 is 15.1 Å². The number of hydrogen-bond donors (Lipinski definition) is 1. The second-order valence-electron chi connectivity index (χ2n) is 7.75. The van der Waals surface area contributed by atoms with Gasteiger partial charge in [-0.2, -0.15) is 13.2 Å². The molecular formula is C22H25F3N4O3. The smallest absolute Gasteiger partial charge is 0.379 e. The number of nitrogens with zero attached hydrogens (tertiary/aromatic N) is 3. The summed E-state index contributed by atoms with van der Waals surface area (Å²) in [7, 11) is 0. The summed E-state index contributed by atoms with van der Waals surface area (Å²) in [5.74, 6) is -0.104. The second-order valence-corrected chi connectivity index (χ2v) is 7.75. The van der Waals surface area contributed by atoms with Crippen molar-refractivity contribution >= 4 is 23.0 Å². The molecule has 7 nitrogen and oxygen atoms in total. The second kappa shape index (κ2) is 9.46. The number of carbonyl (C=O) groups is 1. The number of nitrogens with one attached hydrogen (secondary N) is 1. The summed E-state index contributed by atoms with van der Waals surface area (Å²) in [6, 6.07) is 8.45. The van der Waals surface area contributed by atoms with Crippen molar-refractivity contribution in [3.05, 3.63) is 63.2 Å². The van der Waals surface area contributed by atoms with E-state index in [1.54, 1.807) is 4.90 Å². The van der Waals surface area contributed by atoms with Crippen LogP contribution in [0.4, 0.5) is 30.2 Å². The number of benzene rings is 2. The van der Waals surface area contributed by atoms with E-state index >= 15 is 0 Å². The average molecular weight is 450 g/mol. The van der Waals surface area contributed by atoms with Crippen molar-refractivity contribution in [3.8, 4) is 0 Å². The Kier molecular flexibility index (Phi) is 6.90. The number of alkyl halides is 3. The molecule has 32 heavy (non-hydrogen) atoms. The molecule has 1 fully saturated rings. The molecule has 2 aromatic rings. The highest BCUT2D eigenvalue weighted by atomic mass is 19.4. The van der Waals surface area contributed by atoms with Gasteiger partial charge in [-0.25, -0.2) is 0 Å². The highest BCUT2D eigenvalue weighted by molar-refractivity contribution is 5.77. The molecule has 1 amide bonds. The van der Waals surface area contributed by atoms with E-state index < -0.39 is 22.4 Å². The van der Waals surface area contributed by atoms with Crippen molar-refractivity contribution < 1.29 is 22.9 Å². The first kappa shape index (κ1) is 23.4. The standard InChI is InChI=1S/C22H25F3N4O3/c1-15-4-3-5-19(16(15)2)27-10-12-28(13-11-27)21(30)8-9-26-18-7-6-17(22(23,24)25)14-20(18)29(31)32/h3-7,14,26H,8-13H2,1-2H3. The van der Waals surface area contributed by atoms with Crippen LogP contribution in [-0.4, -0.2) is 48.5 Å². The van der Waals surface area contributed by atoms with Crippen LogP contribution in [0.5, 0.6) is 0 Å². The fraction of sp³-hybridized carbons (Fsp3) is 0.409. The Morgan fingerprint density at radius 2 is 1.81 bits per heavy atom. The largest absolute Gasteiger partial charge is 0.416 e. The van der Waals surface area contributed by atoms with Crippen LogP contribution in [0.2, 0.25) is 0 Å². The van der Waals surface area contributed by atoms with E-state index in [0.717, 1.165) is 17.8 Å². The lowest BCUT2D eigenvalue weighted by Crippen LogP contribution is -2.49. The highest BCUT2D eigenvalue weighted by Crippen LogP contribution is 2.35. The summed E-state index contributed by atoms with van der Waals surface area (Å²) >= 11 is 0. The molecule has 0 saturated carbocycles. The Morgan fingerprint density at radius 3 is 2.44 bits per heavy atom. The van der Waals surface area contributed by atoms with Gasteiger partial charge in [-0.15, -0.1) is 0 Å². The van der Waals surface area contributed by atoms with Crippen LogP contribution in [-0.2, 0) is 11.0 Å². The number of halogens is 3. The maximum Gasteiger partial charge on any atom is 0.416 e. The number of carbonyl (C=O) groups excluding carboxylic acids is 1. The number of rotatable bonds is 6. The lowest BCUT2D eigenvalue weighted by Gasteiger charge is -2.37. The van der Waals surface area contributed by atoms with Crippen molar-refractivity contribution in [1.82, 2.24) is 4.90 Å². The molecule has 0 atom stereocenters. The van der Waals surface area contributed by atoms with Gasteiger partial charge >= 0.3 is 6.18 Å². The normalized spacial score (nSPS) is 14.4. The molecule has 0 bridgehead atoms. The third kappa shape index (κ3) is 5.30. The van der Waals surface area contributed by atoms with Gasteiger partial charge in [0.2, 0.25) is 5.91 Å². The van der Waals surface area contributed by atoms with Crippen LogP contribution >= 0.6 is 0 Å². The topological polar surface area (TPSA) is 78.7 Å². The van der Waals surface area contributed by atoms with Crippen molar-refractivity contribution in [2.75, 3.05) is 42.9 Å². The molecule has 3 rings (SSSR count). The molecular weight excluding hydrogens is 425 g/mol. The van der Waals surface area contributed by atoms with Gasteiger partial charge in [0.15, 0.2) is 0 Å². The summed E-state index contributed by atoms with van der Waals surface area (Å²) in [5, 5.41) is 13.9. The maximum absolute atomic E-state index is 12.8. The molecule has 1 N–H and O–H groups in total. The molecule has 0 unspecified atom stereocenters. The molecule has 1 aliphatic rings. The van der Waals surface area contributed by atoms with E-state index in [1.807, 2.05) is 6.07 Å². The first-order chi connectivity index (χ1) is 15.1. The molecule has 0 aliphatic carbocycles. The first-order valence-electron chi connectivity index (χ1n) is 10.3. The molecule has 1 saturated heterocycles. The molecule has 1 aliphatic heterocycles. The van der Waals surface area contributed by atoms with Crippen molar-refractivity contribution in [2.45, 2.75) is 26.4 Å². The average Bonchev–Trinajstić information content (AvgIpc) is 2.75. The molecule has 0 radical (unpaired) electrons. The summed E-state index contributed by atoms with van der Waals surface area (Å²) in [6.45, 7) is 6.75. The van der Waals surface area contributed by atoms with Crippen LogP contribution in [0.3, 0.4) is 0 Å². The van der Waals surface area contributed by atoms with Gasteiger partial charge in [-0.1, -0.05) is 12.1 Å². The van der Waals surface area contributed by atoms with E-state index in [4.69, 9.17) is 0 Å². The van der Waals surface area contributed by atoms with Crippen molar-refractivity contribution in [1.29, 1.82) is 0 Å². The van der Waals surface area contributed by atoms with Gasteiger partial charge in [0.05, 0.1) is 10.5 Å². The molecule has 1 heterocycles. The Balaban J connectivity index is 1.54. The number of aryl methyl sites for hydroxylation is 1. The molecule has 0 aromatic heterocycles. The minimum absolute atomic E-state index is 0.0458. The molecule has 10 heteroatoms. The van der Waals surface area contributed by atoms with Crippen LogP contribution in [0, 0.1) is 24.0 Å². The Labute approximate surface area is 184 Å². The van der Waals surface area contributed by atoms with Crippen LogP contribution in [0.15, 0.2) is 36.4 Å². The predicted octanol–water partition coefficient (Wildman–Crippen LogP) is 4.38. The zero-order valence-corrected chi connectivity index (χ0v) is 17.9. The minimum Gasteiger partial charge on any atom is -0.379 e. The highest BCUT2D eigenvalue weighted by Gasteiger charge is 2.33. The summed E-state index contributed by atoms with van der Waals surface area (Å²) in [6.07, 6.45) is -4.58. The lowest BCUT2D eigenvalue weighted by atomic mass is 10.1. The molecule has 0 spiro atoms. The fourth-order valence-corrected chi connectivity index (χ4v) is 3.75. The minimum atomic E-state index is -4.67. The van der Waals surface area contributed by atoms with Gasteiger partial charge in [-0.05, 0) is 43.2 Å². The van der Waals surface area contributed by atoms with Crippen LogP contribution in [0.1, 0.15) is 23.1 Å². The van der Waals surface area contributed by atoms with Crippen molar-refractivity contribution in [3.63, 3.8) is 0 Å². The zero-order valence-electron chi connectivity index (χ0n) is 17.9. The predicted molar refractivity (Wildman–Crippen MR) is 116 cm³/mol. The van der Waals surface area contributed by atoms with E-state index in [1.165, 1.54) is 11.1 Å². The zero-order chi connectivity index (χ0) is 23.5. The van der Waals surface area contributed by atoms with E-state index in [0.29, 0.717) is 32.2 Å². The summed E-state index contributed by atoms with van der Waals surface area (Å²) in [5.41, 5.74) is 1.78. The van der Waals surface area contributed by atoms with Crippen LogP contribution < -0.4 is 10.2 Å². The number of nitro benzene ring substituents is 1. The number of piperazine rings is 1. The maximum atomic E-state index is 12.8. The van der Waals surface area contributed by atoms with Gasteiger partial charge in [-0.3, -0.25) is 14.9 Å². The Morgan fingerprint density at radius 1 is 1.12 bits per heavy atom. The van der Waals surface area contributed by atoms with Gasteiger partial charge in [0.1, 0.15) is 5.69 Å². The van der Waals surface area contributed by atoms with E-state index in [2.05, 4.69) is 36.2 Å². The SMILES string of the molecule is Cc1cccc(N2CCN(C(=O)CCNc3ccc(C(F)(F)F)cc3[N+](=O)[O-])CC2)c1C. The Bertz CT molecular complexity index is 1000. The van der Waals surface area contributed by atoms with E-state index in [9.17, 15) is 28.1 Å². The number of hydrogen-bond acceptors (Lipinski definition) is 5. The number of nitro groups is 1.